The number of nitrogens with zero attached hydrogens (tertiary/aromatic N) is 3. The first-order valence-electron chi connectivity index (χ1n) is 12.2. The highest BCUT2D eigenvalue weighted by molar-refractivity contribution is 5.64. The molecule has 0 unspecified atom stereocenters. The van der Waals surface area contributed by atoms with E-state index in [-0.39, 0.29) is 5.56 Å². The highest BCUT2D eigenvalue weighted by Gasteiger charge is 2.24. The molecule has 0 amide bonds. The zero-order valence-electron chi connectivity index (χ0n) is 20.0. The first-order valence-corrected chi connectivity index (χ1v) is 12.2. The van der Waals surface area contributed by atoms with Gasteiger partial charge in [0.1, 0.15) is 5.82 Å². The van der Waals surface area contributed by atoms with Gasteiger partial charge in [0.25, 0.3) is 5.56 Å². The molecule has 2 aliphatic rings. The molecule has 7 heteroatoms. The molecule has 1 aliphatic heterocycles. The Bertz CT molecular complexity index is 1200. The predicted octanol–water partition coefficient (Wildman–Crippen LogP) is 4.46. The van der Waals surface area contributed by atoms with Crippen molar-refractivity contribution in [3.05, 3.63) is 69.5 Å². The number of hydrogen-bond acceptors (Lipinski definition) is 6. The number of nitrogens with one attached hydrogen (secondary N) is 1. The second-order valence-corrected chi connectivity index (χ2v) is 9.29. The van der Waals surface area contributed by atoms with Crippen LogP contribution in [0.25, 0.3) is 11.3 Å². The highest BCUT2D eigenvalue weighted by atomic mass is 16.5. The lowest BCUT2D eigenvalue weighted by Gasteiger charge is -2.28. The highest BCUT2D eigenvalue weighted by Crippen LogP contribution is 2.32. The molecular formula is C27H32N4O3. The summed E-state index contributed by atoms with van der Waals surface area (Å²) < 4.78 is 10.7. The molecule has 1 fully saturated rings. The maximum absolute atomic E-state index is 12.9. The SMILES string of the molecule is COc1ccc(-c2ccc(CN3CCc4nc(C5CCCCC5)[nH]c(=O)c4C3)cn2)cc1OC. The number of hydrogen-bond donors (Lipinski definition) is 1. The van der Waals surface area contributed by atoms with Gasteiger partial charge < -0.3 is 14.5 Å². The Balaban J connectivity index is 1.27. The van der Waals surface area contributed by atoms with Crippen LogP contribution in [0, 0.1) is 0 Å². The third-order valence-electron chi connectivity index (χ3n) is 7.07. The van der Waals surface area contributed by atoms with Crippen LogP contribution in [0.4, 0.5) is 0 Å². The minimum atomic E-state index is 0.0391. The Morgan fingerprint density at radius 3 is 2.62 bits per heavy atom. The fraction of sp³-hybridized carbons (Fsp3) is 0.444. The molecule has 0 spiro atoms. The lowest BCUT2D eigenvalue weighted by molar-refractivity contribution is 0.240. The molecule has 178 valence electrons. The Morgan fingerprint density at radius 1 is 1.06 bits per heavy atom. The van der Waals surface area contributed by atoms with Gasteiger partial charge in [0.2, 0.25) is 0 Å². The van der Waals surface area contributed by atoms with E-state index in [4.69, 9.17) is 14.5 Å². The van der Waals surface area contributed by atoms with Crippen LogP contribution in [0.1, 0.15) is 60.7 Å². The molecular weight excluding hydrogens is 428 g/mol. The van der Waals surface area contributed by atoms with Crippen molar-refractivity contribution in [3.8, 4) is 22.8 Å². The molecule has 34 heavy (non-hydrogen) atoms. The zero-order valence-corrected chi connectivity index (χ0v) is 20.0. The molecule has 7 nitrogen and oxygen atoms in total. The summed E-state index contributed by atoms with van der Waals surface area (Å²) in [5.41, 5.74) is 4.82. The second kappa shape index (κ2) is 9.97. The maximum atomic E-state index is 12.9. The van der Waals surface area contributed by atoms with E-state index < -0.39 is 0 Å². The molecule has 2 aromatic heterocycles. The first-order chi connectivity index (χ1) is 16.6. The van der Waals surface area contributed by atoms with E-state index in [1.165, 1.54) is 19.3 Å². The quantitative estimate of drug-likeness (QED) is 0.585. The summed E-state index contributed by atoms with van der Waals surface area (Å²) >= 11 is 0. The number of aromatic amines is 1. The number of ether oxygens (including phenoxy) is 2. The summed E-state index contributed by atoms with van der Waals surface area (Å²) in [4.78, 5) is 27.8. The van der Waals surface area contributed by atoms with Gasteiger partial charge in [0.05, 0.1) is 31.2 Å². The van der Waals surface area contributed by atoms with Crippen molar-refractivity contribution < 1.29 is 9.47 Å². The summed E-state index contributed by atoms with van der Waals surface area (Å²) in [5.74, 6) is 2.71. The van der Waals surface area contributed by atoms with Gasteiger partial charge in [-0.15, -0.1) is 0 Å². The summed E-state index contributed by atoms with van der Waals surface area (Å²) in [7, 11) is 3.26. The van der Waals surface area contributed by atoms with Crippen LogP contribution >= 0.6 is 0 Å². The molecule has 0 atom stereocenters. The van der Waals surface area contributed by atoms with Crippen molar-refractivity contribution in [2.24, 2.45) is 0 Å². The van der Waals surface area contributed by atoms with Gasteiger partial charge in [-0.05, 0) is 42.7 Å². The topological polar surface area (TPSA) is 80.3 Å². The van der Waals surface area contributed by atoms with Gasteiger partial charge in [0, 0.05) is 43.7 Å². The van der Waals surface area contributed by atoms with Crippen LogP contribution in [0.5, 0.6) is 11.5 Å². The van der Waals surface area contributed by atoms with Crippen molar-refractivity contribution in [3.63, 3.8) is 0 Å². The van der Waals surface area contributed by atoms with Gasteiger partial charge >= 0.3 is 0 Å². The summed E-state index contributed by atoms with van der Waals surface area (Å²) in [6, 6.07) is 9.93. The van der Waals surface area contributed by atoms with Gasteiger partial charge in [-0.2, -0.15) is 0 Å². The molecule has 1 N–H and O–H groups in total. The molecule has 0 saturated heterocycles. The van der Waals surface area contributed by atoms with Crippen LogP contribution in [-0.2, 0) is 19.5 Å². The fourth-order valence-electron chi connectivity index (χ4n) is 5.15. The molecule has 5 rings (SSSR count). The second-order valence-electron chi connectivity index (χ2n) is 9.29. The number of benzene rings is 1. The maximum Gasteiger partial charge on any atom is 0.255 e. The Hall–Kier alpha value is -3.19. The van der Waals surface area contributed by atoms with Crippen LogP contribution in [-0.4, -0.2) is 40.6 Å². The molecule has 0 bridgehead atoms. The zero-order chi connectivity index (χ0) is 23.5. The van der Waals surface area contributed by atoms with E-state index in [9.17, 15) is 4.79 Å². The lowest BCUT2D eigenvalue weighted by atomic mass is 9.88. The van der Waals surface area contributed by atoms with E-state index in [0.717, 1.165) is 66.3 Å². The van der Waals surface area contributed by atoms with Gasteiger partial charge in [-0.3, -0.25) is 14.7 Å². The monoisotopic (exact) mass is 460 g/mol. The minimum Gasteiger partial charge on any atom is -0.493 e. The van der Waals surface area contributed by atoms with E-state index in [1.54, 1.807) is 14.2 Å². The summed E-state index contributed by atoms with van der Waals surface area (Å²) in [5, 5.41) is 0. The first kappa shape index (κ1) is 22.6. The van der Waals surface area contributed by atoms with Gasteiger partial charge in [-0.1, -0.05) is 25.3 Å². The Morgan fingerprint density at radius 2 is 1.88 bits per heavy atom. The number of rotatable bonds is 6. The van der Waals surface area contributed by atoms with Crippen LogP contribution in [0.3, 0.4) is 0 Å². The average molecular weight is 461 g/mol. The standard InChI is InChI=1S/C27H32N4O3/c1-33-24-11-9-20(14-25(24)34-2)22-10-8-18(15-28-22)16-31-13-12-23-21(17-31)27(32)30-26(29-23)19-6-4-3-5-7-19/h8-11,14-15,19H,3-7,12-13,16-17H2,1-2H3,(H,29,30,32). The molecule has 1 aliphatic carbocycles. The van der Waals surface area contributed by atoms with Crippen molar-refractivity contribution in [2.75, 3.05) is 20.8 Å². The molecule has 1 saturated carbocycles. The number of methoxy groups -OCH3 is 2. The van der Waals surface area contributed by atoms with Crippen LogP contribution < -0.4 is 15.0 Å². The van der Waals surface area contributed by atoms with E-state index >= 15 is 0 Å². The Labute approximate surface area is 200 Å². The van der Waals surface area contributed by atoms with E-state index in [1.807, 2.05) is 30.5 Å². The fourth-order valence-corrected chi connectivity index (χ4v) is 5.15. The van der Waals surface area contributed by atoms with Crippen LogP contribution in [0.2, 0.25) is 0 Å². The average Bonchev–Trinajstić information content (AvgIpc) is 2.89. The normalized spacial score (nSPS) is 16.8. The number of H-pyrrole nitrogens is 1. The van der Waals surface area contributed by atoms with Gasteiger partial charge in [0.15, 0.2) is 11.5 Å². The predicted molar refractivity (Wildman–Crippen MR) is 131 cm³/mol. The summed E-state index contributed by atoms with van der Waals surface area (Å²) in [6.07, 6.45) is 8.77. The third kappa shape index (κ3) is 4.71. The van der Waals surface area contributed by atoms with Crippen molar-refractivity contribution in [1.82, 2.24) is 19.9 Å². The third-order valence-corrected chi connectivity index (χ3v) is 7.07. The molecule has 3 heterocycles. The lowest BCUT2D eigenvalue weighted by Crippen LogP contribution is -2.36. The van der Waals surface area contributed by atoms with Crippen LogP contribution in [0.15, 0.2) is 41.3 Å². The number of aromatic nitrogens is 3. The number of pyridine rings is 1. The Kier molecular flexibility index (Phi) is 6.63. The van der Waals surface area contributed by atoms with Crippen molar-refractivity contribution >= 4 is 0 Å². The number of fused-ring (bicyclic) bond motifs is 1. The molecule has 0 radical (unpaired) electrons. The largest absolute Gasteiger partial charge is 0.493 e. The summed E-state index contributed by atoms with van der Waals surface area (Å²) in [6.45, 7) is 2.27. The van der Waals surface area contributed by atoms with E-state index in [2.05, 4.69) is 20.9 Å². The van der Waals surface area contributed by atoms with E-state index in [0.29, 0.717) is 24.0 Å². The van der Waals surface area contributed by atoms with Crippen molar-refractivity contribution in [1.29, 1.82) is 0 Å². The minimum absolute atomic E-state index is 0.0391. The molecule has 3 aromatic rings. The smallest absolute Gasteiger partial charge is 0.255 e. The van der Waals surface area contributed by atoms with Gasteiger partial charge in [-0.25, -0.2) is 4.98 Å². The molecule has 1 aromatic carbocycles. The van der Waals surface area contributed by atoms with Crippen molar-refractivity contribution in [2.45, 2.75) is 57.5 Å².